The SMILES string of the molecule is CC(C)(C)CCN1C(=O)C(CC(=O)N2CCC(N3CCc4ccccc4NC3=O)CC2)SC1c1ccccc1N1CCC(N2CCCCC2)CC1.CN(C)CCCN(C)c1ccccc1C1SC(CC(=O)N2CCC(N3CCc4ccccc4NC3=O)CC2)C(=O)N1CCC(C)(C)C.CN(C)CCN(C)c1ccccc1C1SC(CC(=O)N2CCC(n3c(=O)[nH]c4ncccc43)CC2)C(=O)N1CCC(C)(C)C.[HH].[HH].[HH]. The fourth-order valence-corrected chi connectivity index (χ4v) is 26.4. The third kappa shape index (κ3) is 27.1. The van der Waals surface area contributed by atoms with Gasteiger partial charge in [0.25, 0.3) is 0 Å². The number of piperidine rings is 5. The average Bonchev–Trinajstić information content (AvgIpc) is 1.62. The minimum absolute atomic E-state index is 0. The van der Waals surface area contributed by atoms with E-state index < -0.39 is 15.7 Å². The van der Waals surface area contributed by atoms with Gasteiger partial charge in [0.1, 0.15) is 16.1 Å². The number of urea groups is 2. The van der Waals surface area contributed by atoms with Gasteiger partial charge >= 0.3 is 17.8 Å². The maximum Gasteiger partial charge on any atom is 0.327 e. The summed E-state index contributed by atoms with van der Waals surface area (Å²) in [5, 5.41) is 4.56. The second-order valence-corrected chi connectivity index (χ2v) is 48.8. The lowest BCUT2D eigenvalue weighted by Gasteiger charge is -2.42. The van der Waals surface area contributed by atoms with Gasteiger partial charge in [-0.3, -0.25) is 38.3 Å². The predicted octanol–water partition coefficient (Wildman–Crippen LogP) is 18.0. The van der Waals surface area contributed by atoms with Crippen LogP contribution in [0.3, 0.4) is 0 Å². The summed E-state index contributed by atoms with van der Waals surface area (Å²) in [5.74, 6) is 0.311. The Labute approximate surface area is 861 Å². The zero-order valence-corrected chi connectivity index (χ0v) is 89.6. The molecule has 0 spiro atoms. The zero-order chi connectivity index (χ0) is 101. The standard InChI is InChI=1S/C41H58N6O3S.C37H54N6O3S.C33H47N7O3S.3H2/c1-41(2,3)20-28-47-38(49)36(29-37(48)45-25-18-32(19-26-45)46-27-15-30-11-5-7-13-34(30)42-40(46)50)51-39(47)33-12-6-8-14-35(33)44-23-16-31(17-24-44)43-21-9-4-10-22-43;1-37(2,3)19-25-43-34(45)32(47-35(43)29-13-8-10-15-31(29)40(6)21-11-20-39(4)5)26-33(44)41-22-17-28(18-23-41)42-24-16-27-12-7-9-14-30(27)38-36(42)46;1-33(2,3)15-19-39-30(42)27(44-31(39)24-10-7-8-11-25(24)37(6)21-20-36(4)5)22-28(41)38-17-13-23(14-18-38)40-26-12-9-16-34-29(26)35-32(40)43;;;/h5-8,11-14,31-32,36,39H,4,9-10,15-29H2,1-3H3,(H,42,50);7-10,12-15,28,32,35H,11,16-26H2,1-6H3,(H,38,46);7-12,16,23,27,31H,13-15,17-22H2,1-6H3,(H,34,35,43);3*1H. The molecule has 17 rings (SSSR count). The minimum Gasteiger partial charge on any atom is -0.374 e. The van der Waals surface area contributed by atoms with Crippen molar-refractivity contribution in [1.82, 2.24) is 68.4 Å². The molecule has 0 bridgehead atoms. The van der Waals surface area contributed by atoms with Crippen molar-refractivity contribution < 1.29 is 42.6 Å². The first-order chi connectivity index (χ1) is 68.0. The van der Waals surface area contributed by atoms with Crippen LogP contribution in [0.4, 0.5) is 38.0 Å². The van der Waals surface area contributed by atoms with Crippen molar-refractivity contribution in [2.45, 2.75) is 247 Å². The number of fused-ring (bicyclic) bond motifs is 3. The molecule has 3 N–H and O–H groups in total. The lowest BCUT2D eigenvalue weighted by molar-refractivity contribution is -0.137. The maximum atomic E-state index is 14.2. The lowest BCUT2D eigenvalue weighted by atomic mass is 9.92. The van der Waals surface area contributed by atoms with Crippen molar-refractivity contribution in [2.24, 2.45) is 16.2 Å². The molecule has 8 fully saturated rings. The smallest absolute Gasteiger partial charge is 0.327 e. The van der Waals surface area contributed by atoms with Gasteiger partial charge in [0.05, 0.1) is 21.3 Å². The van der Waals surface area contributed by atoms with E-state index in [1.54, 1.807) is 46.0 Å². The van der Waals surface area contributed by atoms with E-state index in [1.165, 1.54) is 56.4 Å². The molecular formula is C111H165N19O9S3. The third-order valence-electron chi connectivity index (χ3n) is 30.4. The number of carbonyl (C=O) groups excluding carboxylic acids is 8. The lowest BCUT2D eigenvalue weighted by Crippen LogP contribution is -2.50. The van der Waals surface area contributed by atoms with Gasteiger partial charge in [-0.25, -0.2) is 19.4 Å². The predicted molar refractivity (Wildman–Crippen MR) is 584 cm³/mol. The summed E-state index contributed by atoms with van der Waals surface area (Å²) in [6.45, 7) is 35.1. The summed E-state index contributed by atoms with van der Waals surface area (Å²) in [6.07, 6.45) is 18.4. The van der Waals surface area contributed by atoms with Crippen LogP contribution in [0.5, 0.6) is 0 Å². The Bertz CT molecular complexity index is 5540. The molecule has 6 unspecified atom stereocenters. The number of H-pyrrole nitrogens is 1. The molecule has 0 aliphatic carbocycles. The van der Waals surface area contributed by atoms with Crippen LogP contribution >= 0.6 is 35.3 Å². The van der Waals surface area contributed by atoms with Crippen molar-refractivity contribution in [3.8, 4) is 0 Å². The third-order valence-corrected chi connectivity index (χ3v) is 34.8. The second kappa shape index (κ2) is 48.0. The van der Waals surface area contributed by atoms with Crippen LogP contribution in [0.25, 0.3) is 11.2 Å². The summed E-state index contributed by atoms with van der Waals surface area (Å²) in [5.41, 5.74) is 12.6. The van der Waals surface area contributed by atoms with Gasteiger partial charge in [0.2, 0.25) is 35.4 Å². The van der Waals surface area contributed by atoms with Gasteiger partial charge in [-0.2, -0.15) is 0 Å². The number of amides is 10. The second-order valence-electron chi connectivity index (χ2n) is 44.9. The fourth-order valence-electron chi connectivity index (χ4n) is 21.9. The molecule has 5 aromatic carbocycles. The number of anilines is 5. The van der Waals surface area contributed by atoms with Crippen LogP contribution < -0.4 is 31.0 Å². The fraction of sp³-hybridized carbons (Fsp3) is 0.604. The van der Waals surface area contributed by atoms with Crippen LogP contribution in [0.1, 0.15) is 232 Å². The molecule has 6 atom stereocenters. The first kappa shape index (κ1) is 106. The van der Waals surface area contributed by atoms with Gasteiger partial charge in [0.15, 0.2) is 5.65 Å². The van der Waals surface area contributed by atoms with Crippen molar-refractivity contribution in [3.05, 3.63) is 178 Å². The number of likely N-dealkylation sites (tertiary alicyclic amines) is 4. The molecular weight excluding hydrogens is 1840 g/mol. The number of carbonyl (C=O) groups is 8. The first-order valence-electron chi connectivity index (χ1n) is 52.5. The van der Waals surface area contributed by atoms with E-state index in [0.29, 0.717) is 96.5 Å². The van der Waals surface area contributed by atoms with Crippen LogP contribution in [0.15, 0.2) is 144 Å². The van der Waals surface area contributed by atoms with Crippen LogP contribution in [0, 0.1) is 16.2 Å². The van der Waals surface area contributed by atoms with Crippen molar-refractivity contribution in [3.63, 3.8) is 0 Å². The Morgan fingerprint density at radius 3 is 1.23 bits per heavy atom. The normalized spacial score (nSPS) is 21.8. The van der Waals surface area contributed by atoms with Crippen LogP contribution in [-0.2, 0) is 41.6 Å². The molecule has 31 heteroatoms. The average molecular weight is 2010 g/mol. The number of para-hydroxylation sites is 5. The van der Waals surface area contributed by atoms with Gasteiger partial charge in [-0.05, 0) is 220 Å². The van der Waals surface area contributed by atoms with E-state index in [0.717, 1.165) is 154 Å². The number of aromatic nitrogens is 3. The van der Waals surface area contributed by atoms with E-state index in [4.69, 9.17) is 0 Å². The van der Waals surface area contributed by atoms with Gasteiger partial charge in [0, 0.05) is 218 Å². The molecule has 8 saturated heterocycles. The highest BCUT2D eigenvalue weighted by atomic mass is 32.2. The highest BCUT2D eigenvalue weighted by molar-refractivity contribution is 8.01. The topological polar surface area (TPSA) is 257 Å². The molecule has 12 heterocycles. The number of nitrogens with zero attached hydrogens (tertiary/aromatic N) is 16. The number of benzene rings is 5. The Kier molecular flexibility index (Phi) is 36.0. The van der Waals surface area contributed by atoms with E-state index in [2.05, 4.69) is 238 Å². The first-order valence-corrected chi connectivity index (χ1v) is 55.4. The Balaban J connectivity index is 0.000000192. The number of aromatic amines is 1. The molecule has 10 aliphatic rings. The van der Waals surface area contributed by atoms with Crippen molar-refractivity contribution in [1.29, 1.82) is 0 Å². The van der Waals surface area contributed by atoms with Crippen LogP contribution in [0.2, 0.25) is 0 Å². The highest BCUT2D eigenvalue weighted by Gasteiger charge is 2.49. The number of nitrogens with one attached hydrogen (secondary N) is 3. The monoisotopic (exact) mass is 2000 g/mol. The van der Waals surface area contributed by atoms with Gasteiger partial charge in [-0.1, -0.05) is 160 Å². The number of likely N-dealkylation sites (N-methyl/N-ethyl adjacent to an activating group) is 2. The molecule has 142 heavy (non-hydrogen) atoms. The molecule has 2 aromatic heterocycles. The number of thioether (sulfide) groups is 3. The van der Waals surface area contributed by atoms with Gasteiger partial charge < -0.3 is 79.2 Å². The van der Waals surface area contributed by atoms with Crippen LogP contribution in [-0.4, -0.2) is 316 Å². The summed E-state index contributed by atoms with van der Waals surface area (Å²) < 4.78 is 1.78. The van der Waals surface area contributed by atoms with E-state index in [1.807, 2.05) is 88.9 Å². The molecule has 7 aromatic rings. The van der Waals surface area contributed by atoms with E-state index in [9.17, 15) is 43.2 Å². The minimum atomic E-state index is -0.423. The quantitative estimate of drug-likeness (QED) is 0.0394. The summed E-state index contributed by atoms with van der Waals surface area (Å²) >= 11 is 4.93. The largest absolute Gasteiger partial charge is 0.374 e. The van der Waals surface area contributed by atoms with E-state index in [-0.39, 0.29) is 127 Å². The molecule has 0 saturated carbocycles. The maximum absolute atomic E-state index is 14.2. The highest BCUT2D eigenvalue weighted by Crippen LogP contribution is 2.52. The zero-order valence-electron chi connectivity index (χ0n) is 87.2. The Hall–Kier alpha value is -9.79. The molecule has 10 amide bonds. The molecule has 0 radical (unpaired) electrons. The summed E-state index contributed by atoms with van der Waals surface area (Å²) in [4.78, 5) is 159. The van der Waals surface area contributed by atoms with Crippen molar-refractivity contribution in [2.75, 3.05) is 192 Å². The molecule has 776 valence electrons. The number of hydrogen-bond donors (Lipinski definition) is 3. The number of pyridine rings is 1. The number of rotatable bonds is 29. The van der Waals surface area contributed by atoms with Crippen molar-refractivity contribution >= 4 is 122 Å². The van der Waals surface area contributed by atoms with Gasteiger partial charge in [-0.15, -0.1) is 35.3 Å². The number of hydrogen-bond acceptors (Lipinski definition) is 19. The number of imidazole rings is 1. The van der Waals surface area contributed by atoms with E-state index >= 15 is 0 Å². The Morgan fingerprint density at radius 2 is 0.796 bits per heavy atom. The Morgan fingerprint density at radius 1 is 0.408 bits per heavy atom. The molecule has 10 aliphatic heterocycles. The summed E-state index contributed by atoms with van der Waals surface area (Å²) in [7, 11) is 12.6. The molecule has 28 nitrogen and oxygen atoms in total. The summed E-state index contributed by atoms with van der Waals surface area (Å²) in [6, 6.07) is 46.0.